The molecule has 0 fully saturated rings. The average Bonchev–Trinajstić information content (AvgIpc) is 2.65. The van der Waals surface area contributed by atoms with Gasteiger partial charge in [-0.25, -0.2) is 9.78 Å². The molecule has 0 saturated heterocycles. The summed E-state index contributed by atoms with van der Waals surface area (Å²) in [6.07, 6.45) is 3.15. The maximum atomic E-state index is 12.2. The molecule has 0 aliphatic rings. The molecule has 26 heavy (non-hydrogen) atoms. The van der Waals surface area contributed by atoms with Gasteiger partial charge in [-0.3, -0.25) is 10.1 Å². The first-order chi connectivity index (χ1) is 12.5. The minimum absolute atomic E-state index is 0.00134. The fourth-order valence-electron chi connectivity index (χ4n) is 2.36. The Kier molecular flexibility index (Phi) is 4.66. The normalized spacial score (nSPS) is 11.0. The Morgan fingerprint density at radius 3 is 2.35 bits per heavy atom. The summed E-state index contributed by atoms with van der Waals surface area (Å²) in [5.41, 5.74) is 0.549. The zero-order valence-corrected chi connectivity index (χ0v) is 14.0. The van der Waals surface area contributed by atoms with Crippen LogP contribution in [0.3, 0.4) is 0 Å². The minimum atomic E-state index is -0.556. The zero-order chi connectivity index (χ0) is 18.7. The molecule has 3 aromatic rings. The predicted molar refractivity (Wildman–Crippen MR) is 95.4 cm³/mol. The van der Waals surface area contributed by atoms with Crippen LogP contribution in [0.25, 0.3) is 23.1 Å². The molecule has 0 amide bonds. The van der Waals surface area contributed by atoms with Crippen molar-refractivity contribution in [3.63, 3.8) is 0 Å². The predicted octanol–water partition coefficient (Wildman–Crippen LogP) is 3.28. The SMILES string of the molecule is COc1cc2nc(/C=C\c3ccc([N+](=O)[O-])cc3)oc(=O)c2cc1OC. The lowest BCUT2D eigenvalue weighted by molar-refractivity contribution is -0.384. The number of rotatable bonds is 5. The van der Waals surface area contributed by atoms with Gasteiger partial charge in [0.15, 0.2) is 11.5 Å². The van der Waals surface area contributed by atoms with Crippen molar-refractivity contribution in [2.24, 2.45) is 0 Å². The van der Waals surface area contributed by atoms with E-state index in [1.54, 1.807) is 24.3 Å². The van der Waals surface area contributed by atoms with Gasteiger partial charge >= 0.3 is 5.63 Å². The number of benzene rings is 2. The Hall–Kier alpha value is -3.68. The van der Waals surface area contributed by atoms with Crippen LogP contribution in [-0.2, 0) is 0 Å². The van der Waals surface area contributed by atoms with Crippen LogP contribution < -0.4 is 15.1 Å². The van der Waals surface area contributed by atoms with Gasteiger partial charge in [0, 0.05) is 30.3 Å². The molecule has 0 spiro atoms. The molecular formula is C18H14N2O6. The van der Waals surface area contributed by atoms with Crippen LogP contribution >= 0.6 is 0 Å². The van der Waals surface area contributed by atoms with E-state index in [4.69, 9.17) is 13.9 Å². The Morgan fingerprint density at radius 1 is 1.08 bits per heavy atom. The molecule has 2 aromatic carbocycles. The molecule has 0 saturated carbocycles. The molecule has 132 valence electrons. The fourth-order valence-corrected chi connectivity index (χ4v) is 2.36. The van der Waals surface area contributed by atoms with Crippen molar-refractivity contribution in [3.05, 3.63) is 68.4 Å². The molecular weight excluding hydrogens is 340 g/mol. The van der Waals surface area contributed by atoms with E-state index in [2.05, 4.69) is 4.98 Å². The molecule has 1 heterocycles. The number of nitrogens with zero attached hydrogens (tertiary/aromatic N) is 2. The van der Waals surface area contributed by atoms with Crippen LogP contribution in [0.2, 0.25) is 0 Å². The summed E-state index contributed by atoms with van der Waals surface area (Å²) in [5, 5.41) is 10.9. The van der Waals surface area contributed by atoms with Gasteiger partial charge in [-0.2, -0.15) is 0 Å². The second-order valence-electron chi connectivity index (χ2n) is 5.25. The third-order valence-electron chi connectivity index (χ3n) is 3.67. The van der Waals surface area contributed by atoms with Crippen molar-refractivity contribution in [2.45, 2.75) is 0 Å². The van der Waals surface area contributed by atoms with E-state index in [9.17, 15) is 14.9 Å². The van der Waals surface area contributed by atoms with Gasteiger partial charge in [-0.1, -0.05) is 0 Å². The molecule has 0 radical (unpaired) electrons. The van der Waals surface area contributed by atoms with E-state index in [1.807, 2.05) is 0 Å². The topological polar surface area (TPSA) is 105 Å². The second-order valence-corrected chi connectivity index (χ2v) is 5.25. The van der Waals surface area contributed by atoms with E-state index in [0.717, 1.165) is 0 Å². The van der Waals surface area contributed by atoms with Crippen molar-refractivity contribution in [1.82, 2.24) is 4.98 Å². The summed E-state index contributed by atoms with van der Waals surface area (Å²) < 4.78 is 15.6. The molecule has 0 unspecified atom stereocenters. The van der Waals surface area contributed by atoms with Crippen molar-refractivity contribution in [2.75, 3.05) is 14.2 Å². The van der Waals surface area contributed by atoms with Crippen molar-refractivity contribution in [3.8, 4) is 11.5 Å². The molecule has 8 heteroatoms. The fraction of sp³-hybridized carbons (Fsp3) is 0.111. The first kappa shape index (κ1) is 17.2. The van der Waals surface area contributed by atoms with Crippen LogP contribution in [-0.4, -0.2) is 24.1 Å². The zero-order valence-electron chi connectivity index (χ0n) is 14.0. The van der Waals surface area contributed by atoms with E-state index in [-0.39, 0.29) is 17.0 Å². The number of non-ortho nitro benzene ring substituents is 1. The van der Waals surface area contributed by atoms with E-state index in [1.165, 1.54) is 38.5 Å². The van der Waals surface area contributed by atoms with Crippen LogP contribution in [0.5, 0.6) is 11.5 Å². The summed E-state index contributed by atoms with van der Waals surface area (Å²) in [4.78, 5) is 26.7. The number of nitro benzene ring substituents is 1. The lowest BCUT2D eigenvalue weighted by atomic mass is 10.2. The Labute approximate surface area is 147 Å². The summed E-state index contributed by atoms with van der Waals surface area (Å²) in [5.74, 6) is 0.958. The van der Waals surface area contributed by atoms with Crippen LogP contribution in [0.4, 0.5) is 5.69 Å². The van der Waals surface area contributed by atoms with Crippen molar-refractivity contribution in [1.29, 1.82) is 0 Å². The maximum Gasteiger partial charge on any atom is 0.347 e. The lowest BCUT2D eigenvalue weighted by Gasteiger charge is -2.08. The van der Waals surface area contributed by atoms with Crippen molar-refractivity contribution < 1.29 is 18.8 Å². The summed E-state index contributed by atoms with van der Waals surface area (Å²) in [6.45, 7) is 0. The Morgan fingerprint density at radius 2 is 1.73 bits per heavy atom. The van der Waals surface area contributed by atoms with Crippen LogP contribution in [0.1, 0.15) is 11.5 Å². The quantitative estimate of drug-likeness (QED) is 0.511. The third kappa shape index (κ3) is 3.39. The standard InChI is InChI=1S/C18H14N2O6/c1-24-15-9-13-14(10-16(15)25-2)19-17(26-18(13)21)8-5-11-3-6-12(7-4-11)20(22)23/h3-10H,1-2H3/b8-5-. The highest BCUT2D eigenvalue weighted by molar-refractivity contribution is 5.82. The highest BCUT2D eigenvalue weighted by atomic mass is 16.6. The van der Waals surface area contributed by atoms with E-state index < -0.39 is 10.5 Å². The highest BCUT2D eigenvalue weighted by Crippen LogP contribution is 2.30. The number of hydrogen-bond donors (Lipinski definition) is 0. The minimum Gasteiger partial charge on any atom is -0.493 e. The van der Waals surface area contributed by atoms with Crippen LogP contribution in [0.15, 0.2) is 45.6 Å². The number of ether oxygens (including phenoxy) is 2. The molecule has 0 bridgehead atoms. The number of aromatic nitrogens is 1. The van der Waals surface area contributed by atoms with Gasteiger partial charge in [-0.05, 0) is 23.8 Å². The molecule has 0 aliphatic carbocycles. The van der Waals surface area contributed by atoms with Crippen LogP contribution in [0, 0.1) is 10.1 Å². The van der Waals surface area contributed by atoms with Gasteiger partial charge in [0.2, 0.25) is 5.89 Å². The summed E-state index contributed by atoms with van der Waals surface area (Å²) >= 11 is 0. The van der Waals surface area contributed by atoms with E-state index in [0.29, 0.717) is 22.6 Å². The van der Waals surface area contributed by atoms with Gasteiger partial charge in [0.1, 0.15) is 0 Å². The first-order valence-corrected chi connectivity index (χ1v) is 7.51. The van der Waals surface area contributed by atoms with Crippen molar-refractivity contribution >= 4 is 28.7 Å². The van der Waals surface area contributed by atoms with Gasteiger partial charge in [0.05, 0.1) is 30.0 Å². The number of hydrogen-bond acceptors (Lipinski definition) is 7. The smallest absolute Gasteiger partial charge is 0.347 e. The largest absolute Gasteiger partial charge is 0.493 e. The molecule has 3 rings (SSSR count). The highest BCUT2D eigenvalue weighted by Gasteiger charge is 2.11. The number of fused-ring (bicyclic) bond motifs is 1. The molecule has 1 aromatic heterocycles. The monoisotopic (exact) mass is 354 g/mol. The molecule has 0 aliphatic heterocycles. The third-order valence-corrected chi connectivity index (χ3v) is 3.67. The van der Waals surface area contributed by atoms with Gasteiger partial charge in [-0.15, -0.1) is 0 Å². The van der Waals surface area contributed by atoms with Gasteiger partial charge in [0.25, 0.3) is 5.69 Å². The number of nitro groups is 1. The first-order valence-electron chi connectivity index (χ1n) is 7.51. The lowest BCUT2D eigenvalue weighted by Crippen LogP contribution is -2.04. The summed E-state index contributed by atoms with van der Waals surface area (Å²) in [6, 6.07) is 9.05. The molecule has 0 atom stereocenters. The Bertz CT molecular complexity index is 1050. The number of methoxy groups -OCH3 is 2. The Balaban J connectivity index is 1.97. The second kappa shape index (κ2) is 7.06. The maximum absolute atomic E-state index is 12.2. The molecule has 8 nitrogen and oxygen atoms in total. The summed E-state index contributed by atoms with van der Waals surface area (Å²) in [7, 11) is 2.96. The van der Waals surface area contributed by atoms with E-state index >= 15 is 0 Å². The van der Waals surface area contributed by atoms with Gasteiger partial charge < -0.3 is 13.9 Å². The average molecular weight is 354 g/mol. The molecule has 0 N–H and O–H groups in total.